The van der Waals surface area contributed by atoms with Gasteiger partial charge in [0.05, 0.1) is 12.4 Å². The predicted octanol–water partition coefficient (Wildman–Crippen LogP) is 3.25. The van der Waals surface area contributed by atoms with E-state index in [2.05, 4.69) is 26.3 Å². The first-order valence-electron chi connectivity index (χ1n) is 6.92. The highest BCUT2D eigenvalue weighted by Crippen LogP contribution is 2.25. The maximum absolute atomic E-state index is 6.23. The first kappa shape index (κ1) is 14.6. The second-order valence-corrected chi connectivity index (χ2v) is 5.85. The summed E-state index contributed by atoms with van der Waals surface area (Å²) in [6.45, 7) is 3.73. The third-order valence-electron chi connectivity index (χ3n) is 3.63. The number of fused-ring (bicyclic) bond motifs is 1. The van der Waals surface area contributed by atoms with Crippen molar-refractivity contribution in [3.8, 4) is 0 Å². The van der Waals surface area contributed by atoms with Gasteiger partial charge < -0.3 is 5.32 Å². The van der Waals surface area contributed by atoms with Gasteiger partial charge in [0, 0.05) is 31.2 Å². The van der Waals surface area contributed by atoms with Crippen LogP contribution in [0.2, 0.25) is 10.2 Å². The van der Waals surface area contributed by atoms with Gasteiger partial charge in [0.1, 0.15) is 11.0 Å². The van der Waals surface area contributed by atoms with Crippen LogP contribution in [0.15, 0.2) is 30.6 Å². The SMILES string of the molecule is Clc1cncc(NCCN2CCc3c(Cl)cccc3C2)n1. The Morgan fingerprint density at radius 2 is 2.14 bits per heavy atom. The van der Waals surface area contributed by atoms with E-state index in [1.807, 2.05) is 12.1 Å². The number of hydrogen-bond acceptors (Lipinski definition) is 4. The minimum Gasteiger partial charge on any atom is -0.367 e. The Hall–Kier alpha value is -1.36. The van der Waals surface area contributed by atoms with Gasteiger partial charge in [0.2, 0.25) is 0 Å². The lowest BCUT2D eigenvalue weighted by Gasteiger charge is -2.29. The van der Waals surface area contributed by atoms with Gasteiger partial charge >= 0.3 is 0 Å². The van der Waals surface area contributed by atoms with Gasteiger partial charge in [-0.25, -0.2) is 4.98 Å². The summed E-state index contributed by atoms with van der Waals surface area (Å²) in [4.78, 5) is 10.6. The van der Waals surface area contributed by atoms with Gasteiger partial charge in [0.25, 0.3) is 0 Å². The molecule has 0 fully saturated rings. The summed E-state index contributed by atoms with van der Waals surface area (Å²) in [6, 6.07) is 6.14. The van der Waals surface area contributed by atoms with E-state index in [0.717, 1.165) is 37.6 Å². The van der Waals surface area contributed by atoms with Crippen LogP contribution in [0.4, 0.5) is 5.82 Å². The molecular formula is C15H16Cl2N4. The average Bonchev–Trinajstić information content (AvgIpc) is 2.47. The second kappa shape index (κ2) is 6.60. The fourth-order valence-corrected chi connectivity index (χ4v) is 3.02. The maximum Gasteiger partial charge on any atom is 0.149 e. The Bertz CT molecular complexity index is 633. The Balaban J connectivity index is 1.53. The average molecular weight is 323 g/mol. The minimum absolute atomic E-state index is 0.404. The molecule has 1 N–H and O–H groups in total. The Labute approximate surface area is 134 Å². The van der Waals surface area contributed by atoms with E-state index in [1.54, 1.807) is 6.20 Å². The monoisotopic (exact) mass is 322 g/mol. The first-order chi connectivity index (χ1) is 10.2. The van der Waals surface area contributed by atoms with Crippen LogP contribution in [-0.4, -0.2) is 34.5 Å². The second-order valence-electron chi connectivity index (χ2n) is 5.06. The van der Waals surface area contributed by atoms with E-state index < -0.39 is 0 Å². The number of benzene rings is 1. The van der Waals surface area contributed by atoms with Crippen LogP contribution in [0, 0.1) is 0 Å². The van der Waals surface area contributed by atoms with Crippen molar-refractivity contribution in [3.63, 3.8) is 0 Å². The molecule has 0 unspecified atom stereocenters. The number of rotatable bonds is 4. The van der Waals surface area contributed by atoms with Crippen LogP contribution in [0.5, 0.6) is 0 Å². The largest absolute Gasteiger partial charge is 0.367 e. The fraction of sp³-hybridized carbons (Fsp3) is 0.333. The molecule has 0 radical (unpaired) electrons. The molecule has 4 nitrogen and oxygen atoms in total. The molecule has 1 aliphatic heterocycles. The van der Waals surface area contributed by atoms with E-state index in [9.17, 15) is 0 Å². The van der Waals surface area contributed by atoms with Gasteiger partial charge in [-0.2, -0.15) is 0 Å². The third kappa shape index (κ3) is 3.64. The molecule has 0 bridgehead atoms. The van der Waals surface area contributed by atoms with Crippen molar-refractivity contribution in [1.29, 1.82) is 0 Å². The van der Waals surface area contributed by atoms with Crippen molar-refractivity contribution in [2.24, 2.45) is 0 Å². The van der Waals surface area contributed by atoms with E-state index in [-0.39, 0.29) is 0 Å². The van der Waals surface area contributed by atoms with E-state index in [1.165, 1.54) is 17.3 Å². The molecule has 1 aromatic heterocycles. The van der Waals surface area contributed by atoms with Crippen LogP contribution in [0.25, 0.3) is 0 Å². The van der Waals surface area contributed by atoms with Gasteiger partial charge in [0.15, 0.2) is 0 Å². The molecule has 0 saturated heterocycles. The lowest BCUT2D eigenvalue weighted by molar-refractivity contribution is 0.264. The molecule has 0 amide bonds. The van der Waals surface area contributed by atoms with Crippen LogP contribution >= 0.6 is 23.2 Å². The predicted molar refractivity (Wildman–Crippen MR) is 86.0 cm³/mol. The topological polar surface area (TPSA) is 41.1 Å². The lowest BCUT2D eigenvalue weighted by atomic mass is 10.00. The summed E-state index contributed by atoms with van der Waals surface area (Å²) in [5, 5.41) is 4.53. The molecule has 3 rings (SSSR count). The zero-order chi connectivity index (χ0) is 14.7. The Morgan fingerprint density at radius 1 is 1.24 bits per heavy atom. The summed E-state index contributed by atoms with van der Waals surface area (Å²) >= 11 is 12.0. The van der Waals surface area contributed by atoms with Crippen molar-refractivity contribution in [3.05, 3.63) is 51.9 Å². The highest BCUT2D eigenvalue weighted by atomic mass is 35.5. The number of halogens is 2. The highest BCUT2D eigenvalue weighted by Gasteiger charge is 2.17. The summed E-state index contributed by atoms with van der Waals surface area (Å²) in [5.74, 6) is 0.711. The fourth-order valence-electron chi connectivity index (χ4n) is 2.58. The summed E-state index contributed by atoms with van der Waals surface area (Å²) in [5.41, 5.74) is 2.63. The zero-order valence-corrected chi connectivity index (χ0v) is 13.0. The molecule has 0 atom stereocenters. The Kier molecular flexibility index (Phi) is 4.58. The van der Waals surface area contributed by atoms with E-state index in [0.29, 0.717) is 11.0 Å². The van der Waals surface area contributed by atoms with Gasteiger partial charge in [-0.05, 0) is 23.6 Å². The lowest BCUT2D eigenvalue weighted by Crippen LogP contribution is -2.34. The molecule has 1 aliphatic rings. The first-order valence-corrected chi connectivity index (χ1v) is 7.68. The zero-order valence-electron chi connectivity index (χ0n) is 11.5. The normalized spacial score (nSPS) is 14.8. The standard InChI is InChI=1S/C15H16Cl2N4/c16-13-3-1-2-11-10-21(6-4-12(11)13)7-5-19-15-9-18-8-14(17)20-15/h1-3,8-9H,4-7,10H2,(H,19,20). The summed E-state index contributed by atoms with van der Waals surface area (Å²) in [6.07, 6.45) is 4.21. The van der Waals surface area contributed by atoms with Gasteiger partial charge in [-0.1, -0.05) is 35.3 Å². The van der Waals surface area contributed by atoms with E-state index >= 15 is 0 Å². The van der Waals surface area contributed by atoms with Crippen molar-refractivity contribution < 1.29 is 0 Å². The number of nitrogens with one attached hydrogen (secondary N) is 1. The van der Waals surface area contributed by atoms with Crippen molar-refractivity contribution in [2.75, 3.05) is 25.0 Å². The summed E-state index contributed by atoms with van der Waals surface area (Å²) in [7, 11) is 0. The third-order valence-corrected chi connectivity index (χ3v) is 4.16. The molecule has 21 heavy (non-hydrogen) atoms. The minimum atomic E-state index is 0.404. The number of aromatic nitrogens is 2. The molecule has 0 aliphatic carbocycles. The van der Waals surface area contributed by atoms with E-state index in [4.69, 9.17) is 23.2 Å². The molecule has 0 saturated carbocycles. The highest BCUT2D eigenvalue weighted by molar-refractivity contribution is 6.31. The molecule has 1 aromatic carbocycles. The maximum atomic E-state index is 6.23. The molecular weight excluding hydrogens is 307 g/mol. The van der Waals surface area contributed by atoms with Crippen molar-refractivity contribution in [2.45, 2.75) is 13.0 Å². The number of nitrogens with zero attached hydrogens (tertiary/aromatic N) is 3. The smallest absolute Gasteiger partial charge is 0.149 e. The quantitative estimate of drug-likeness (QED) is 0.938. The van der Waals surface area contributed by atoms with Crippen molar-refractivity contribution >= 4 is 29.0 Å². The molecule has 110 valence electrons. The van der Waals surface area contributed by atoms with Gasteiger partial charge in [-0.15, -0.1) is 0 Å². The van der Waals surface area contributed by atoms with Crippen LogP contribution in [0.3, 0.4) is 0 Å². The number of hydrogen-bond donors (Lipinski definition) is 1. The summed E-state index contributed by atoms with van der Waals surface area (Å²) < 4.78 is 0. The molecule has 6 heteroatoms. The van der Waals surface area contributed by atoms with Crippen molar-refractivity contribution in [1.82, 2.24) is 14.9 Å². The molecule has 0 spiro atoms. The Morgan fingerprint density at radius 3 is 3.00 bits per heavy atom. The number of anilines is 1. The van der Waals surface area contributed by atoms with Crippen LogP contribution < -0.4 is 5.32 Å². The molecule has 2 aromatic rings. The van der Waals surface area contributed by atoms with Crippen LogP contribution in [-0.2, 0) is 13.0 Å². The molecule has 2 heterocycles. The van der Waals surface area contributed by atoms with Gasteiger partial charge in [-0.3, -0.25) is 9.88 Å². The van der Waals surface area contributed by atoms with Crippen LogP contribution in [0.1, 0.15) is 11.1 Å².